The second kappa shape index (κ2) is 5.11. The lowest BCUT2D eigenvalue weighted by Gasteiger charge is -1.96. The lowest BCUT2D eigenvalue weighted by atomic mass is 10.1. The van der Waals surface area contributed by atoms with Gasteiger partial charge in [0, 0.05) is 11.1 Å². The fourth-order valence-electron chi connectivity index (χ4n) is 2.35. The van der Waals surface area contributed by atoms with E-state index in [1.165, 1.54) is 42.5 Å². The highest BCUT2D eigenvalue weighted by atomic mass is 32.1. The molecule has 0 N–H and O–H groups in total. The fraction of sp³-hybridized carbons (Fsp3) is 0.400. The monoisotopic (exact) mass is 258 g/mol. The largest absolute Gasteiger partial charge is 0.290 e. The van der Waals surface area contributed by atoms with Gasteiger partial charge in [0.05, 0.1) is 11.0 Å². The summed E-state index contributed by atoms with van der Waals surface area (Å²) in [6.07, 6.45) is 8.76. The third-order valence-corrected chi connectivity index (χ3v) is 4.38. The standard InChI is InChI=1S/C15H18N2S/c1-2-3-4-5-8-12-11-17-14-10-7-6-9-13(14)16-15(17)18-12/h6-7,9-11H,2-5,8H2,1H3. The van der Waals surface area contributed by atoms with E-state index in [2.05, 4.69) is 40.7 Å². The summed E-state index contributed by atoms with van der Waals surface area (Å²) < 4.78 is 2.23. The maximum Gasteiger partial charge on any atom is 0.194 e. The Morgan fingerprint density at radius 2 is 2.06 bits per heavy atom. The molecule has 0 unspecified atom stereocenters. The van der Waals surface area contributed by atoms with Crippen molar-refractivity contribution in [2.24, 2.45) is 0 Å². The predicted octanol–water partition coefficient (Wildman–Crippen LogP) is 4.67. The highest BCUT2D eigenvalue weighted by molar-refractivity contribution is 7.17. The van der Waals surface area contributed by atoms with Gasteiger partial charge in [0.1, 0.15) is 0 Å². The van der Waals surface area contributed by atoms with E-state index in [1.54, 1.807) is 0 Å². The number of fused-ring (bicyclic) bond motifs is 3. The first kappa shape index (κ1) is 11.7. The molecule has 0 aliphatic carbocycles. The smallest absolute Gasteiger partial charge is 0.194 e. The van der Waals surface area contributed by atoms with Crippen molar-refractivity contribution in [1.82, 2.24) is 9.38 Å². The van der Waals surface area contributed by atoms with Gasteiger partial charge in [-0.15, -0.1) is 11.3 Å². The van der Waals surface area contributed by atoms with Crippen LogP contribution in [0.4, 0.5) is 0 Å². The Morgan fingerprint density at radius 3 is 2.94 bits per heavy atom. The minimum absolute atomic E-state index is 1.10. The summed E-state index contributed by atoms with van der Waals surface area (Å²) in [5.74, 6) is 0. The summed E-state index contributed by atoms with van der Waals surface area (Å²) in [6, 6.07) is 8.35. The van der Waals surface area contributed by atoms with Crippen molar-refractivity contribution in [3.63, 3.8) is 0 Å². The van der Waals surface area contributed by atoms with E-state index in [0.29, 0.717) is 0 Å². The Labute approximate surface area is 111 Å². The molecule has 94 valence electrons. The molecule has 3 heteroatoms. The number of para-hydroxylation sites is 2. The molecule has 0 atom stereocenters. The zero-order valence-electron chi connectivity index (χ0n) is 10.7. The summed E-state index contributed by atoms with van der Waals surface area (Å²) in [5, 5.41) is 0. The van der Waals surface area contributed by atoms with Crippen LogP contribution in [0.1, 0.15) is 37.5 Å². The molecule has 0 spiro atoms. The van der Waals surface area contributed by atoms with Gasteiger partial charge in [-0.25, -0.2) is 4.98 Å². The average Bonchev–Trinajstić information content (AvgIpc) is 2.91. The van der Waals surface area contributed by atoms with E-state index in [-0.39, 0.29) is 0 Å². The van der Waals surface area contributed by atoms with E-state index in [1.807, 2.05) is 17.4 Å². The summed E-state index contributed by atoms with van der Waals surface area (Å²) >= 11 is 1.83. The van der Waals surface area contributed by atoms with Gasteiger partial charge in [-0.05, 0) is 25.0 Å². The van der Waals surface area contributed by atoms with Gasteiger partial charge >= 0.3 is 0 Å². The Balaban J connectivity index is 1.83. The van der Waals surface area contributed by atoms with Crippen LogP contribution >= 0.6 is 11.3 Å². The van der Waals surface area contributed by atoms with Crippen LogP contribution in [-0.4, -0.2) is 9.38 Å². The molecular weight excluding hydrogens is 240 g/mol. The first-order valence-corrected chi connectivity index (χ1v) is 7.55. The Hall–Kier alpha value is -1.35. The molecule has 0 amide bonds. The van der Waals surface area contributed by atoms with Crippen LogP contribution in [0.5, 0.6) is 0 Å². The molecule has 2 heterocycles. The molecular formula is C15H18N2S. The van der Waals surface area contributed by atoms with Crippen molar-refractivity contribution in [2.45, 2.75) is 39.0 Å². The van der Waals surface area contributed by atoms with Crippen molar-refractivity contribution in [1.29, 1.82) is 0 Å². The third kappa shape index (κ3) is 2.15. The molecule has 0 aliphatic heterocycles. The van der Waals surface area contributed by atoms with Crippen LogP contribution in [0, 0.1) is 0 Å². The molecule has 3 rings (SSSR count). The minimum atomic E-state index is 1.10. The maximum atomic E-state index is 4.66. The van der Waals surface area contributed by atoms with Gasteiger partial charge in [0.2, 0.25) is 0 Å². The topological polar surface area (TPSA) is 17.3 Å². The number of rotatable bonds is 5. The number of aromatic nitrogens is 2. The van der Waals surface area contributed by atoms with Crippen LogP contribution in [0.15, 0.2) is 30.5 Å². The second-order valence-corrected chi connectivity index (χ2v) is 5.85. The average molecular weight is 258 g/mol. The molecule has 1 aromatic carbocycles. The second-order valence-electron chi connectivity index (χ2n) is 4.76. The zero-order valence-corrected chi connectivity index (χ0v) is 11.5. The lowest BCUT2D eigenvalue weighted by molar-refractivity contribution is 0.669. The molecule has 3 aromatic rings. The summed E-state index contributed by atoms with van der Waals surface area (Å²) in [6.45, 7) is 2.26. The van der Waals surface area contributed by atoms with Crippen LogP contribution < -0.4 is 0 Å². The number of imidazole rings is 1. The molecule has 0 fully saturated rings. The SMILES string of the molecule is CCCCCCc1cn2c(nc3ccccc32)s1. The molecule has 2 nitrogen and oxygen atoms in total. The van der Waals surface area contributed by atoms with Gasteiger partial charge < -0.3 is 0 Å². The van der Waals surface area contributed by atoms with Gasteiger partial charge in [0.15, 0.2) is 4.96 Å². The minimum Gasteiger partial charge on any atom is -0.290 e. The lowest BCUT2D eigenvalue weighted by Crippen LogP contribution is -1.82. The van der Waals surface area contributed by atoms with Gasteiger partial charge in [0.25, 0.3) is 0 Å². The van der Waals surface area contributed by atoms with Crippen molar-refractivity contribution in [2.75, 3.05) is 0 Å². The van der Waals surface area contributed by atoms with Crippen LogP contribution in [0.2, 0.25) is 0 Å². The fourth-order valence-corrected chi connectivity index (χ4v) is 3.38. The number of aryl methyl sites for hydroxylation is 1. The number of nitrogens with zero attached hydrogens (tertiary/aromatic N) is 2. The summed E-state index contributed by atoms with van der Waals surface area (Å²) in [5.41, 5.74) is 2.32. The third-order valence-electron chi connectivity index (χ3n) is 3.34. The molecule has 18 heavy (non-hydrogen) atoms. The first-order chi connectivity index (χ1) is 8.88. The van der Waals surface area contributed by atoms with E-state index in [4.69, 9.17) is 0 Å². The number of hydrogen-bond donors (Lipinski definition) is 0. The van der Waals surface area contributed by atoms with E-state index in [9.17, 15) is 0 Å². The molecule has 0 bridgehead atoms. The normalized spacial score (nSPS) is 11.6. The Bertz CT molecular complexity index is 651. The number of thiazole rings is 1. The van der Waals surface area contributed by atoms with E-state index < -0.39 is 0 Å². The van der Waals surface area contributed by atoms with E-state index in [0.717, 1.165) is 10.5 Å². The van der Waals surface area contributed by atoms with E-state index >= 15 is 0 Å². The first-order valence-electron chi connectivity index (χ1n) is 6.74. The quantitative estimate of drug-likeness (QED) is 0.608. The Kier molecular flexibility index (Phi) is 3.33. The van der Waals surface area contributed by atoms with Gasteiger partial charge in [-0.1, -0.05) is 38.3 Å². The number of hydrogen-bond acceptors (Lipinski definition) is 2. The molecule has 0 saturated heterocycles. The number of unbranched alkanes of at least 4 members (excludes halogenated alkanes) is 3. The van der Waals surface area contributed by atoms with Crippen LogP contribution in [0.3, 0.4) is 0 Å². The molecule has 2 aromatic heterocycles. The Morgan fingerprint density at radius 1 is 1.17 bits per heavy atom. The van der Waals surface area contributed by atoms with Crippen molar-refractivity contribution < 1.29 is 0 Å². The summed E-state index contributed by atoms with van der Waals surface area (Å²) in [4.78, 5) is 7.25. The highest BCUT2D eigenvalue weighted by Crippen LogP contribution is 2.24. The van der Waals surface area contributed by atoms with Crippen LogP contribution in [-0.2, 0) is 6.42 Å². The van der Waals surface area contributed by atoms with Gasteiger partial charge in [-0.2, -0.15) is 0 Å². The zero-order chi connectivity index (χ0) is 12.4. The predicted molar refractivity (Wildman–Crippen MR) is 78.4 cm³/mol. The molecule has 0 saturated carbocycles. The number of benzene rings is 1. The highest BCUT2D eigenvalue weighted by Gasteiger charge is 2.07. The molecule has 0 radical (unpaired) electrons. The maximum absolute atomic E-state index is 4.66. The van der Waals surface area contributed by atoms with Crippen molar-refractivity contribution >= 4 is 27.3 Å². The van der Waals surface area contributed by atoms with Crippen molar-refractivity contribution in [3.8, 4) is 0 Å². The van der Waals surface area contributed by atoms with Crippen molar-refractivity contribution in [3.05, 3.63) is 35.3 Å². The molecule has 0 aliphatic rings. The van der Waals surface area contributed by atoms with Crippen LogP contribution in [0.25, 0.3) is 16.0 Å². The van der Waals surface area contributed by atoms with Gasteiger partial charge in [-0.3, -0.25) is 4.40 Å². The summed E-state index contributed by atoms with van der Waals surface area (Å²) in [7, 11) is 0.